The number of halogens is 4. The number of nitrogens with zero attached hydrogens (tertiary/aromatic N) is 3. The fourth-order valence-corrected chi connectivity index (χ4v) is 3.39. The number of fused-ring (bicyclic) bond motifs is 1. The van der Waals surface area contributed by atoms with Gasteiger partial charge in [-0.1, -0.05) is 34.1 Å². The number of rotatable bonds is 4. The van der Waals surface area contributed by atoms with Gasteiger partial charge in [-0.25, -0.2) is 0 Å². The molecule has 1 N–H and O–H groups in total. The standard InChI is InChI=1S/C18H14BrF3N4O2/c1-9(13-4-3-5-15(26(27)28)16(13)18(20,21)22)23-17-14-8-11(19)6-7-12(14)10(2)24-25-17/h3-9H,1-2H3,(H,23,25)/t9-/m1/s1. The third-order valence-corrected chi connectivity index (χ3v) is 4.79. The van der Waals surface area contributed by atoms with Gasteiger partial charge in [-0.05, 0) is 31.5 Å². The molecule has 0 radical (unpaired) electrons. The Kier molecular flexibility index (Phi) is 5.24. The highest BCUT2D eigenvalue weighted by atomic mass is 79.9. The average molecular weight is 455 g/mol. The van der Waals surface area contributed by atoms with Crippen LogP contribution < -0.4 is 5.32 Å². The van der Waals surface area contributed by atoms with Gasteiger partial charge in [-0.3, -0.25) is 10.1 Å². The highest BCUT2D eigenvalue weighted by Crippen LogP contribution is 2.41. The first kappa shape index (κ1) is 20.0. The summed E-state index contributed by atoms with van der Waals surface area (Å²) >= 11 is 3.37. The summed E-state index contributed by atoms with van der Waals surface area (Å²) < 4.78 is 41.5. The van der Waals surface area contributed by atoms with E-state index in [9.17, 15) is 23.3 Å². The van der Waals surface area contributed by atoms with Crippen molar-refractivity contribution < 1.29 is 18.1 Å². The Hall–Kier alpha value is -2.75. The van der Waals surface area contributed by atoms with Crippen LogP contribution in [0.1, 0.15) is 29.8 Å². The SMILES string of the molecule is Cc1nnc(N[C@H](C)c2cccc([N+](=O)[O-])c2C(F)(F)F)c2cc(Br)ccc12. The maximum atomic E-state index is 13.6. The van der Waals surface area contributed by atoms with Gasteiger partial charge in [-0.2, -0.15) is 18.3 Å². The van der Waals surface area contributed by atoms with Gasteiger partial charge in [0, 0.05) is 21.3 Å². The minimum Gasteiger partial charge on any atom is -0.362 e. The Morgan fingerprint density at radius 1 is 1.18 bits per heavy atom. The number of nitro groups is 1. The van der Waals surface area contributed by atoms with E-state index in [2.05, 4.69) is 31.4 Å². The molecule has 0 unspecified atom stereocenters. The first-order valence-electron chi connectivity index (χ1n) is 8.13. The number of benzene rings is 2. The van der Waals surface area contributed by atoms with Crippen molar-refractivity contribution in [3.63, 3.8) is 0 Å². The average Bonchev–Trinajstić information content (AvgIpc) is 2.62. The van der Waals surface area contributed by atoms with Crippen LogP contribution in [0.15, 0.2) is 40.9 Å². The highest BCUT2D eigenvalue weighted by molar-refractivity contribution is 9.10. The van der Waals surface area contributed by atoms with Crippen LogP contribution in [0.2, 0.25) is 0 Å². The second kappa shape index (κ2) is 7.34. The normalized spacial score (nSPS) is 12.8. The maximum Gasteiger partial charge on any atom is 0.423 e. The van der Waals surface area contributed by atoms with Gasteiger partial charge in [0.05, 0.1) is 16.7 Å². The van der Waals surface area contributed by atoms with Gasteiger partial charge < -0.3 is 5.32 Å². The molecule has 1 aromatic heterocycles. The summed E-state index contributed by atoms with van der Waals surface area (Å²) in [5.74, 6) is 0.286. The van der Waals surface area contributed by atoms with Crippen molar-refractivity contribution >= 4 is 38.2 Å². The Balaban J connectivity index is 2.10. The van der Waals surface area contributed by atoms with E-state index in [4.69, 9.17) is 0 Å². The monoisotopic (exact) mass is 454 g/mol. The molecular formula is C18H14BrF3N4O2. The lowest BCUT2D eigenvalue weighted by molar-refractivity contribution is -0.388. The number of aryl methyl sites for hydroxylation is 1. The van der Waals surface area contributed by atoms with Crippen molar-refractivity contribution in [1.82, 2.24) is 10.2 Å². The smallest absolute Gasteiger partial charge is 0.362 e. The van der Waals surface area contributed by atoms with Gasteiger partial charge in [0.2, 0.25) is 0 Å². The first-order valence-corrected chi connectivity index (χ1v) is 8.92. The van der Waals surface area contributed by atoms with Crippen molar-refractivity contribution in [3.05, 3.63) is 67.8 Å². The third kappa shape index (κ3) is 3.77. The van der Waals surface area contributed by atoms with Crippen LogP contribution >= 0.6 is 15.9 Å². The van der Waals surface area contributed by atoms with Crippen LogP contribution in [-0.4, -0.2) is 15.1 Å². The number of anilines is 1. The zero-order chi connectivity index (χ0) is 20.6. The molecule has 3 aromatic rings. The molecule has 10 heteroatoms. The maximum absolute atomic E-state index is 13.6. The Morgan fingerprint density at radius 2 is 1.89 bits per heavy atom. The van der Waals surface area contributed by atoms with Crippen molar-refractivity contribution in [2.45, 2.75) is 26.1 Å². The van der Waals surface area contributed by atoms with E-state index in [0.717, 1.165) is 15.9 Å². The van der Waals surface area contributed by atoms with Gasteiger partial charge in [-0.15, -0.1) is 5.10 Å². The summed E-state index contributed by atoms with van der Waals surface area (Å²) in [7, 11) is 0. The molecule has 146 valence electrons. The number of aromatic nitrogens is 2. The fraction of sp³-hybridized carbons (Fsp3) is 0.222. The summed E-state index contributed by atoms with van der Waals surface area (Å²) in [6.45, 7) is 3.26. The summed E-state index contributed by atoms with van der Waals surface area (Å²) in [5.41, 5.74) is -1.83. The fourth-order valence-electron chi connectivity index (χ4n) is 3.03. The number of alkyl halides is 3. The molecule has 0 saturated heterocycles. The molecular weight excluding hydrogens is 441 g/mol. The summed E-state index contributed by atoms with van der Waals surface area (Å²) in [5, 5.41) is 23.6. The van der Waals surface area contributed by atoms with Crippen LogP contribution in [0.4, 0.5) is 24.7 Å². The van der Waals surface area contributed by atoms with Crippen molar-refractivity contribution in [1.29, 1.82) is 0 Å². The van der Waals surface area contributed by atoms with E-state index in [1.165, 1.54) is 19.1 Å². The predicted octanol–water partition coefficient (Wildman–Crippen LogP) is 5.80. The van der Waals surface area contributed by atoms with Crippen molar-refractivity contribution in [2.75, 3.05) is 5.32 Å². The van der Waals surface area contributed by atoms with Crippen LogP contribution in [0, 0.1) is 17.0 Å². The molecule has 0 aliphatic carbocycles. The molecule has 2 aromatic carbocycles. The lowest BCUT2D eigenvalue weighted by atomic mass is 9.99. The molecule has 0 spiro atoms. The van der Waals surface area contributed by atoms with E-state index in [1.807, 2.05) is 12.1 Å². The van der Waals surface area contributed by atoms with E-state index < -0.39 is 28.4 Å². The first-order chi connectivity index (χ1) is 13.1. The summed E-state index contributed by atoms with van der Waals surface area (Å²) in [6, 6.07) is 7.82. The Bertz CT molecular complexity index is 1070. The number of hydrogen-bond donors (Lipinski definition) is 1. The number of hydrogen-bond acceptors (Lipinski definition) is 5. The Morgan fingerprint density at radius 3 is 2.54 bits per heavy atom. The van der Waals surface area contributed by atoms with Crippen LogP contribution in [0.5, 0.6) is 0 Å². The summed E-state index contributed by atoms with van der Waals surface area (Å²) in [6.07, 6.45) is -4.88. The molecule has 1 heterocycles. The minimum atomic E-state index is -4.88. The molecule has 0 amide bonds. The van der Waals surface area contributed by atoms with Crippen LogP contribution in [0.25, 0.3) is 10.8 Å². The lowest BCUT2D eigenvalue weighted by Crippen LogP contribution is -2.18. The lowest BCUT2D eigenvalue weighted by Gasteiger charge is -2.20. The molecule has 6 nitrogen and oxygen atoms in total. The van der Waals surface area contributed by atoms with E-state index >= 15 is 0 Å². The van der Waals surface area contributed by atoms with Crippen molar-refractivity contribution in [2.24, 2.45) is 0 Å². The van der Waals surface area contributed by atoms with Crippen molar-refractivity contribution in [3.8, 4) is 0 Å². The van der Waals surface area contributed by atoms with Gasteiger partial charge in [0.15, 0.2) is 5.82 Å². The second-order valence-corrected chi connectivity index (χ2v) is 7.10. The zero-order valence-corrected chi connectivity index (χ0v) is 16.3. The molecule has 0 aliphatic rings. The molecule has 1 atom stereocenters. The number of nitro benzene ring substituents is 1. The molecule has 0 aliphatic heterocycles. The Labute approximate surface area is 166 Å². The number of nitrogens with one attached hydrogen (secondary N) is 1. The summed E-state index contributed by atoms with van der Waals surface area (Å²) in [4.78, 5) is 10.1. The van der Waals surface area contributed by atoms with E-state index in [1.54, 1.807) is 13.0 Å². The van der Waals surface area contributed by atoms with Gasteiger partial charge in [0.25, 0.3) is 5.69 Å². The predicted molar refractivity (Wildman–Crippen MR) is 102 cm³/mol. The molecule has 0 saturated carbocycles. The minimum absolute atomic E-state index is 0.243. The largest absolute Gasteiger partial charge is 0.423 e. The van der Waals surface area contributed by atoms with Gasteiger partial charge in [0.1, 0.15) is 5.56 Å². The molecule has 0 fully saturated rings. The van der Waals surface area contributed by atoms with E-state index in [0.29, 0.717) is 11.1 Å². The quantitative estimate of drug-likeness (QED) is 0.397. The molecule has 28 heavy (non-hydrogen) atoms. The highest BCUT2D eigenvalue weighted by Gasteiger charge is 2.41. The molecule has 0 bridgehead atoms. The van der Waals surface area contributed by atoms with Crippen LogP contribution in [-0.2, 0) is 6.18 Å². The third-order valence-electron chi connectivity index (χ3n) is 4.30. The molecule has 3 rings (SSSR count). The zero-order valence-electron chi connectivity index (χ0n) is 14.7. The van der Waals surface area contributed by atoms with Gasteiger partial charge >= 0.3 is 6.18 Å². The van der Waals surface area contributed by atoms with Crippen LogP contribution in [0.3, 0.4) is 0 Å². The van der Waals surface area contributed by atoms with E-state index in [-0.39, 0.29) is 11.4 Å². The second-order valence-electron chi connectivity index (χ2n) is 6.19. The topological polar surface area (TPSA) is 81.0 Å².